The maximum absolute atomic E-state index is 13.7. The molecule has 2 amide bonds. The van der Waals surface area contributed by atoms with E-state index in [1.807, 2.05) is 6.07 Å². The van der Waals surface area contributed by atoms with Crippen LogP contribution >= 0.6 is 0 Å². The normalized spacial score (nSPS) is 21.8. The number of pyridine rings is 1. The fourth-order valence-electron chi connectivity index (χ4n) is 5.65. The van der Waals surface area contributed by atoms with Crippen molar-refractivity contribution in [3.63, 3.8) is 0 Å². The second-order valence-electron chi connectivity index (χ2n) is 11.1. The van der Waals surface area contributed by atoms with E-state index >= 15 is 0 Å². The third-order valence-corrected chi connectivity index (χ3v) is 7.79. The van der Waals surface area contributed by atoms with Crippen LogP contribution in [0, 0.1) is 5.92 Å². The van der Waals surface area contributed by atoms with Crippen molar-refractivity contribution in [3.8, 4) is 0 Å². The molecule has 3 N–H and O–H groups in total. The second-order valence-corrected chi connectivity index (χ2v) is 11.1. The van der Waals surface area contributed by atoms with E-state index in [0.717, 1.165) is 50.6 Å². The number of benzene rings is 1. The van der Waals surface area contributed by atoms with Gasteiger partial charge in [0.05, 0.1) is 29.5 Å². The van der Waals surface area contributed by atoms with E-state index in [-0.39, 0.29) is 12.3 Å². The lowest BCUT2D eigenvalue weighted by Gasteiger charge is -2.38. The molecular formula is C29H39N7O3. The number of hydrogen-bond acceptors (Lipinski definition) is 7. The van der Waals surface area contributed by atoms with Crippen molar-refractivity contribution in [3.05, 3.63) is 47.8 Å². The van der Waals surface area contributed by atoms with Crippen LogP contribution in [0.4, 0.5) is 11.5 Å². The summed E-state index contributed by atoms with van der Waals surface area (Å²) in [6.45, 7) is 4.25. The Kier molecular flexibility index (Phi) is 8.13. The fraction of sp³-hybridized carbons (Fsp3) is 0.517. The minimum Gasteiger partial charge on any atom is -0.383 e. The molecule has 0 bridgehead atoms. The number of likely N-dealkylation sites (tertiary alicyclic amines) is 1. The molecule has 2 aromatic heterocycles. The van der Waals surface area contributed by atoms with Gasteiger partial charge >= 0.3 is 11.8 Å². The Balaban J connectivity index is 1.39. The molecule has 2 saturated heterocycles. The van der Waals surface area contributed by atoms with Gasteiger partial charge in [0.1, 0.15) is 11.3 Å². The molecule has 2 aliphatic heterocycles. The highest BCUT2D eigenvalue weighted by atomic mass is 16.5. The van der Waals surface area contributed by atoms with E-state index in [0.29, 0.717) is 41.5 Å². The monoisotopic (exact) mass is 533 g/mol. The number of nitrogen functional groups attached to an aromatic ring is 1. The van der Waals surface area contributed by atoms with Crippen molar-refractivity contribution in [2.45, 2.75) is 57.7 Å². The van der Waals surface area contributed by atoms with E-state index in [1.165, 1.54) is 11.8 Å². The van der Waals surface area contributed by atoms with Gasteiger partial charge in [-0.25, -0.2) is 9.67 Å². The lowest BCUT2D eigenvalue weighted by molar-refractivity contribution is -0.146. The highest BCUT2D eigenvalue weighted by molar-refractivity contribution is 6.40. The highest BCUT2D eigenvalue weighted by Gasteiger charge is 2.35. The molecule has 2 fully saturated rings. The average molecular weight is 534 g/mol. The fourth-order valence-corrected chi connectivity index (χ4v) is 5.65. The number of hydrogen-bond donors (Lipinski definition) is 2. The minimum atomic E-state index is -0.692. The molecule has 0 radical (unpaired) electrons. The number of likely N-dealkylation sites (N-methyl/N-ethyl adjacent to an activating group) is 1. The first kappa shape index (κ1) is 27.1. The zero-order valence-electron chi connectivity index (χ0n) is 23.1. The molecule has 3 atom stereocenters. The summed E-state index contributed by atoms with van der Waals surface area (Å²) in [5.41, 5.74) is 9.45. The minimum absolute atomic E-state index is 0.149. The molecule has 2 aliphatic rings. The number of aromatic nitrogens is 3. The molecule has 208 valence electrons. The first-order valence-electron chi connectivity index (χ1n) is 13.9. The Morgan fingerprint density at radius 1 is 1.18 bits per heavy atom. The van der Waals surface area contributed by atoms with E-state index in [1.54, 1.807) is 15.8 Å². The molecular weight excluding hydrogens is 494 g/mol. The summed E-state index contributed by atoms with van der Waals surface area (Å²) in [6.07, 6.45) is 8.47. The van der Waals surface area contributed by atoms with Gasteiger partial charge in [-0.3, -0.25) is 9.59 Å². The highest BCUT2D eigenvalue weighted by Crippen LogP contribution is 2.35. The Morgan fingerprint density at radius 2 is 2.03 bits per heavy atom. The van der Waals surface area contributed by atoms with Crippen LogP contribution in [0.2, 0.25) is 0 Å². The molecule has 10 heteroatoms. The van der Waals surface area contributed by atoms with E-state index in [4.69, 9.17) is 10.5 Å². The van der Waals surface area contributed by atoms with E-state index in [9.17, 15) is 9.59 Å². The summed E-state index contributed by atoms with van der Waals surface area (Å²) in [6, 6.07) is 8.26. The molecule has 39 heavy (non-hydrogen) atoms. The van der Waals surface area contributed by atoms with Crippen molar-refractivity contribution in [1.82, 2.24) is 24.6 Å². The van der Waals surface area contributed by atoms with Gasteiger partial charge in [0.25, 0.3) is 0 Å². The SMILES string of the molecule is C[C@H]1CC[C@H](c2cccc(CCN(C)C)c2)N(C(=O)C(=O)Nc2cnc(N)c3cnn(C4CCCCO4)c23)C1. The topological polar surface area (TPSA) is 119 Å². The zero-order valence-corrected chi connectivity index (χ0v) is 23.1. The summed E-state index contributed by atoms with van der Waals surface area (Å²) in [5.74, 6) is -0.613. The Bertz CT molecular complexity index is 1330. The van der Waals surface area contributed by atoms with E-state index < -0.39 is 11.8 Å². The average Bonchev–Trinajstić information content (AvgIpc) is 3.40. The van der Waals surface area contributed by atoms with Crippen LogP contribution in [0.1, 0.15) is 62.4 Å². The Hall–Kier alpha value is -3.50. The molecule has 1 aromatic carbocycles. The summed E-state index contributed by atoms with van der Waals surface area (Å²) >= 11 is 0. The number of nitrogens with two attached hydrogens (primary N) is 1. The van der Waals surface area contributed by atoms with Gasteiger partial charge in [-0.05, 0) is 69.7 Å². The number of rotatable bonds is 6. The molecule has 0 saturated carbocycles. The van der Waals surface area contributed by atoms with Crippen molar-refractivity contribution in [1.29, 1.82) is 0 Å². The summed E-state index contributed by atoms with van der Waals surface area (Å²) in [5, 5.41) is 7.95. The van der Waals surface area contributed by atoms with Crippen LogP contribution in [-0.4, -0.2) is 70.2 Å². The third-order valence-electron chi connectivity index (χ3n) is 7.79. The number of carbonyl (C=O) groups excluding carboxylic acids is 2. The second kappa shape index (κ2) is 11.7. The maximum Gasteiger partial charge on any atom is 0.314 e. The number of ether oxygens (including phenoxy) is 1. The van der Waals surface area contributed by atoms with Gasteiger partial charge in [0, 0.05) is 19.7 Å². The number of anilines is 2. The molecule has 3 aromatic rings. The molecule has 10 nitrogen and oxygen atoms in total. The van der Waals surface area contributed by atoms with Gasteiger partial charge in [-0.2, -0.15) is 5.10 Å². The predicted molar refractivity (Wildman–Crippen MR) is 151 cm³/mol. The Labute approximate surface area is 229 Å². The first-order valence-corrected chi connectivity index (χ1v) is 13.9. The lowest BCUT2D eigenvalue weighted by atomic mass is 9.89. The number of nitrogens with zero attached hydrogens (tertiary/aromatic N) is 5. The number of carbonyl (C=O) groups is 2. The largest absolute Gasteiger partial charge is 0.383 e. The van der Waals surface area contributed by atoms with Crippen LogP contribution in [0.15, 0.2) is 36.7 Å². The molecule has 4 heterocycles. The molecule has 0 aliphatic carbocycles. The standard InChI is InChI=1S/C29H39N7O3/c1-19-10-11-24(21-8-6-7-20(15-21)12-13-34(2)3)35(18-19)29(38)28(37)33-23-17-31-27(30)22-16-32-36(26(22)23)25-9-4-5-14-39-25/h6-8,15-17,19,24-25H,4-5,9-14,18H2,1-3H3,(H2,30,31)(H,33,37)/t19-,24+,25?/m0/s1. The molecule has 0 spiro atoms. The van der Waals surface area contributed by atoms with Gasteiger partial charge in [-0.1, -0.05) is 31.2 Å². The first-order chi connectivity index (χ1) is 18.8. The number of fused-ring (bicyclic) bond motifs is 1. The Morgan fingerprint density at radius 3 is 2.79 bits per heavy atom. The summed E-state index contributed by atoms with van der Waals surface area (Å²) < 4.78 is 7.68. The zero-order chi connectivity index (χ0) is 27.5. The van der Waals surface area contributed by atoms with Crippen molar-refractivity contribution in [2.75, 3.05) is 44.8 Å². The smallest absolute Gasteiger partial charge is 0.314 e. The lowest BCUT2D eigenvalue weighted by Crippen LogP contribution is -2.46. The van der Waals surface area contributed by atoms with Crippen LogP contribution in [-0.2, 0) is 20.7 Å². The quantitative estimate of drug-likeness (QED) is 0.463. The molecule has 5 rings (SSSR count). The van der Waals surface area contributed by atoms with E-state index in [2.05, 4.69) is 59.5 Å². The third kappa shape index (κ3) is 5.91. The molecule has 1 unspecified atom stereocenters. The van der Waals surface area contributed by atoms with Gasteiger partial charge in [-0.15, -0.1) is 0 Å². The predicted octanol–water partition coefficient (Wildman–Crippen LogP) is 3.76. The summed E-state index contributed by atoms with van der Waals surface area (Å²) in [7, 11) is 4.12. The van der Waals surface area contributed by atoms with Crippen LogP contribution in [0.3, 0.4) is 0 Å². The van der Waals surface area contributed by atoms with Gasteiger partial charge < -0.3 is 25.6 Å². The van der Waals surface area contributed by atoms with Gasteiger partial charge in [0.2, 0.25) is 0 Å². The van der Waals surface area contributed by atoms with Crippen LogP contribution < -0.4 is 11.1 Å². The summed E-state index contributed by atoms with van der Waals surface area (Å²) in [4.78, 5) is 35.3. The van der Waals surface area contributed by atoms with Crippen molar-refractivity contribution in [2.24, 2.45) is 5.92 Å². The number of amides is 2. The van der Waals surface area contributed by atoms with Crippen molar-refractivity contribution < 1.29 is 14.3 Å². The van der Waals surface area contributed by atoms with Gasteiger partial charge in [0.15, 0.2) is 6.23 Å². The van der Waals surface area contributed by atoms with Crippen LogP contribution in [0.5, 0.6) is 0 Å². The van der Waals surface area contributed by atoms with Crippen molar-refractivity contribution >= 4 is 34.2 Å². The van der Waals surface area contributed by atoms with Crippen LogP contribution in [0.25, 0.3) is 10.9 Å². The maximum atomic E-state index is 13.7. The number of nitrogens with one attached hydrogen (secondary N) is 1. The number of piperidine rings is 1.